The van der Waals surface area contributed by atoms with Gasteiger partial charge in [-0.15, -0.1) is 0 Å². The number of rotatable bonds is 1. The van der Waals surface area contributed by atoms with Gasteiger partial charge in [0.2, 0.25) is 11.8 Å². The third kappa shape index (κ3) is 3.24. The Morgan fingerprint density at radius 1 is 0.952 bits per heavy atom. The van der Waals surface area contributed by atoms with Crippen LogP contribution in [0.2, 0.25) is 0 Å². The van der Waals surface area contributed by atoms with E-state index in [1.807, 2.05) is 11.9 Å². The molecule has 3 fully saturated rings. The van der Waals surface area contributed by atoms with E-state index in [0.717, 1.165) is 58.0 Å². The van der Waals surface area contributed by atoms with Crippen LogP contribution in [0.4, 0.5) is 0 Å². The highest BCUT2D eigenvalue weighted by atomic mass is 16.2. The van der Waals surface area contributed by atoms with Gasteiger partial charge in [0.05, 0.1) is 5.92 Å². The molecule has 1 heterocycles. The van der Waals surface area contributed by atoms with Gasteiger partial charge in [-0.2, -0.15) is 0 Å². The van der Waals surface area contributed by atoms with Gasteiger partial charge < -0.3 is 9.80 Å². The average molecular weight is 292 g/mol. The van der Waals surface area contributed by atoms with Crippen molar-refractivity contribution >= 4 is 11.8 Å². The first kappa shape index (κ1) is 14.9. The molecule has 21 heavy (non-hydrogen) atoms. The molecule has 2 amide bonds. The van der Waals surface area contributed by atoms with Crippen LogP contribution in [0.15, 0.2) is 0 Å². The van der Waals surface area contributed by atoms with E-state index >= 15 is 0 Å². The molecule has 4 heteroatoms. The summed E-state index contributed by atoms with van der Waals surface area (Å²) >= 11 is 0. The van der Waals surface area contributed by atoms with E-state index < -0.39 is 0 Å². The highest BCUT2D eigenvalue weighted by Crippen LogP contribution is 2.37. The van der Waals surface area contributed by atoms with Crippen molar-refractivity contribution in [1.29, 1.82) is 0 Å². The molecule has 0 spiro atoms. The maximum absolute atomic E-state index is 12.7. The summed E-state index contributed by atoms with van der Waals surface area (Å²) in [5, 5.41) is 0. The molecule has 0 bridgehead atoms. The molecule has 3 aliphatic rings. The summed E-state index contributed by atoms with van der Waals surface area (Å²) in [7, 11) is 1.93. The van der Waals surface area contributed by atoms with E-state index in [0.29, 0.717) is 5.91 Å². The third-order valence-electron chi connectivity index (χ3n) is 5.43. The van der Waals surface area contributed by atoms with Crippen LogP contribution in [-0.2, 0) is 9.59 Å². The van der Waals surface area contributed by atoms with Crippen molar-refractivity contribution in [2.24, 2.45) is 11.8 Å². The summed E-state index contributed by atoms with van der Waals surface area (Å²) < 4.78 is 0. The summed E-state index contributed by atoms with van der Waals surface area (Å²) in [6.07, 6.45) is 9.71. The van der Waals surface area contributed by atoms with Crippen molar-refractivity contribution in [3.05, 3.63) is 0 Å². The molecule has 0 aromatic heterocycles. The predicted octanol–water partition coefficient (Wildman–Crippen LogP) is 2.43. The van der Waals surface area contributed by atoms with Crippen molar-refractivity contribution in [3.8, 4) is 0 Å². The molecule has 0 N–H and O–H groups in total. The second-order valence-corrected chi connectivity index (χ2v) is 7.08. The number of hydrogen-bond acceptors (Lipinski definition) is 2. The van der Waals surface area contributed by atoms with Gasteiger partial charge in [-0.1, -0.05) is 19.3 Å². The van der Waals surface area contributed by atoms with Crippen LogP contribution < -0.4 is 0 Å². The zero-order chi connectivity index (χ0) is 14.8. The van der Waals surface area contributed by atoms with E-state index in [2.05, 4.69) is 4.90 Å². The van der Waals surface area contributed by atoms with Crippen molar-refractivity contribution < 1.29 is 9.59 Å². The summed E-state index contributed by atoms with van der Waals surface area (Å²) in [4.78, 5) is 29.4. The van der Waals surface area contributed by atoms with Gasteiger partial charge in [0.1, 0.15) is 0 Å². The monoisotopic (exact) mass is 292 g/mol. The quantitative estimate of drug-likeness (QED) is 0.745. The Morgan fingerprint density at radius 2 is 1.67 bits per heavy atom. The number of carbonyl (C=O) groups is 2. The maximum Gasteiger partial charge on any atom is 0.227 e. The van der Waals surface area contributed by atoms with Crippen LogP contribution in [0.3, 0.4) is 0 Å². The van der Waals surface area contributed by atoms with E-state index in [-0.39, 0.29) is 23.8 Å². The van der Waals surface area contributed by atoms with Crippen LogP contribution in [0.5, 0.6) is 0 Å². The third-order valence-corrected chi connectivity index (χ3v) is 5.43. The number of hydrogen-bond donors (Lipinski definition) is 0. The van der Waals surface area contributed by atoms with Gasteiger partial charge >= 0.3 is 0 Å². The molecule has 0 aromatic rings. The van der Waals surface area contributed by atoms with Crippen molar-refractivity contribution in [2.45, 2.75) is 63.8 Å². The van der Waals surface area contributed by atoms with E-state index in [9.17, 15) is 9.59 Å². The molecule has 2 saturated carbocycles. The first-order valence-corrected chi connectivity index (χ1v) is 8.74. The van der Waals surface area contributed by atoms with Crippen LogP contribution in [-0.4, -0.2) is 47.8 Å². The molecule has 0 radical (unpaired) electrons. The molecule has 2 aliphatic carbocycles. The van der Waals surface area contributed by atoms with Crippen LogP contribution in [0.1, 0.15) is 57.8 Å². The smallest absolute Gasteiger partial charge is 0.227 e. The first-order valence-electron chi connectivity index (χ1n) is 8.74. The van der Waals surface area contributed by atoms with Gasteiger partial charge in [-0.3, -0.25) is 9.59 Å². The lowest BCUT2D eigenvalue weighted by Crippen LogP contribution is -2.48. The zero-order valence-electron chi connectivity index (χ0n) is 13.2. The molecule has 1 aliphatic heterocycles. The van der Waals surface area contributed by atoms with Gasteiger partial charge in [0, 0.05) is 32.1 Å². The Kier molecular flexibility index (Phi) is 4.51. The number of amides is 2. The highest BCUT2D eigenvalue weighted by Gasteiger charge is 2.43. The number of nitrogens with zero attached hydrogens (tertiary/aromatic N) is 2. The molecule has 2 unspecified atom stereocenters. The lowest BCUT2D eigenvalue weighted by Gasteiger charge is -2.34. The van der Waals surface area contributed by atoms with Gasteiger partial charge in [-0.05, 0) is 38.5 Å². The Hall–Kier alpha value is -1.06. The van der Waals surface area contributed by atoms with Crippen molar-refractivity contribution in [2.75, 3.05) is 20.1 Å². The minimum absolute atomic E-state index is 0.0517. The summed E-state index contributed by atoms with van der Waals surface area (Å²) in [5.74, 6) is 0.926. The average Bonchev–Trinajstić information content (AvgIpc) is 3.23. The number of fused-ring (bicyclic) bond motifs is 1. The topological polar surface area (TPSA) is 40.6 Å². The second kappa shape index (κ2) is 6.37. The van der Waals surface area contributed by atoms with Crippen molar-refractivity contribution in [3.63, 3.8) is 0 Å². The lowest BCUT2D eigenvalue weighted by atomic mass is 9.99. The molecule has 0 aromatic carbocycles. The summed E-state index contributed by atoms with van der Waals surface area (Å²) in [5.41, 5.74) is 0. The molecule has 3 rings (SSSR count). The highest BCUT2D eigenvalue weighted by molar-refractivity contribution is 5.84. The molecule has 118 valence electrons. The summed E-state index contributed by atoms with van der Waals surface area (Å²) in [6.45, 7) is 1.74. The second-order valence-electron chi connectivity index (χ2n) is 7.08. The Morgan fingerprint density at radius 3 is 2.38 bits per heavy atom. The molecule has 2 atom stereocenters. The van der Waals surface area contributed by atoms with Crippen LogP contribution in [0.25, 0.3) is 0 Å². The van der Waals surface area contributed by atoms with Crippen LogP contribution in [0, 0.1) is 11.8 Å². The summed E-state index contributed by atoms with van der Waals surface area (Å²) in [6, 6.07) is 0.172. The molecular formula is C17H28N2O2. The molecular weight excluding hydrogens is 264 g/mol. The molecule has 1 saturated heterocycles. The lowest BCUT2D eigenvalue weighted by molar-refractivity contribution is -0.141. The fourth-order valence-corrected chi connectivity index (χ4v) is 3.98. The van der Waals surface area contributed by atoms with Crippen LogP contribution >= 0.6 is 0 Å². The predicted molar refractivity (Wildman–Crippen MR) is 81.7 cm³/mol. The largest absolute Gasteiger partial charge is 0.345 e. The van der Waals surface area contributed by atoms with Gasteiger partial charge in [0.15, 0.2) is 0 Å². The Labute approximate surface area is 127 Å². The standard InChI is InChI=1S/C17H28N2O2/c1-18-11-4-2-3-5-12-19(16(20)13-9-10-13)15-8-6-7-14(15)17(18)21/h13-15H,2-12H2,1H3. The fraction of sp³-hybridized carbons (Fsp3) is 0.882. The zero-order valence-corrected chi connectivity index (χ0v) is 13.2. The first-order chi connectivity index (χ1) is 10.2. The Balaban J connectivity index is 1.79. The van der Waals surface area contributed by atoms with E-state index in [1.54, 1.807) is 0 Å². The van der Waals surface area contributed by atoms with Crippen molar-refractivity contribution in [1.82, 2.24) is 9.80 Å². The minimum atomic E-state index is 0.0517. The maximum atomic E-state index is 12.7. The van der Waals surface area contributed by atoms with Gasteiger partial charge in [-0.25, -0.2) is 0 Å². The SMILES string of the molecule is CN1CCCCCCN(C(=O)C2CC2)C2CCCC2C1=O. The normalized spacial score (nSPS) is 31.8. The Bertz CT molecular complexity index is 406. The van der Waals surface area contributed by atoms with Gasteiger partial charge in [0.25, 0.3) is 0 Å². The van der Waals surface area contributed by atoms with E-state index in [4.69, 9.17) is 0 Å². The van der Waals surface area contributed by atoms with E-state index in [1.165, 1.54) is 12.8 Å². The fourth-order valence-electron chi connectivity index (χ4n) is 3.98. The minimum Gasteiger partial charge on any atom is -0.345 e. The molecule has 4 nitrogen and oxygen atoms in total. The number of carbonyl (C=O) groups excluding carboxylic acids is 2.